The minimum Gasteiger partial charge on any atom is -0.478 e. The van der Waals surface area contributed by atoms with Crippen LogP contribution in [0.4, 0.5) is 5.69 Å². The zero-order chi connectivity index (χ0) is 13.8. The van der Waals surface area contributed by atoms with Crippen molar-refractivity contribution in [1.82, 2.24) is 4.90 Å². The summed E-state index contributed by atoms with van der Waals surface area (Å²) in [5.41, 5.74) is 2.29. The van der Waals surface area contributed by atoms with Crippen molar-refractivity contribution in [3.8, 4) is 0 Å². The van der Waals surface area contributed by atoms with Crippen molar-refractivity contribution in [2.75, 3.05) is 38.1 Å². The van der Waals surface area contributed by atoms with Gasteiger partial charge in [-0.3, -0.25) is 0 Å². The summed E-state index contributed by atoms with van der Waals surface area (Å²) >= 11 is 0. The van der Waals surface area contributed by atoms with Gasteiger partial charge in [-0.1, -0.05) is 6.07 Å². The van der Waals surface area contributed by atoms with Crippen LogP contribution < -0.4 is 4.90 Å². The van der Waals surface area contributed by atoms with Gasteiger partial charge in [0.1, 0.15) is 0 Å². The van der Waals surface area contributed by atoms with E-state index >= 15 is 0 Å². The standard InChI is InChI=1S/C15H22N2O2/c1-12-5-6-13(15(18)19)14(11-12)16(2)9-10-17-7-3-4-8-17/h5-6,11H,3-4,7-10H2,1-2H3,(H,18,19). The van der Waals surface area contributed by atoms with Crippen LogP contribution in [0.1, 0.15) is 28.8 Å². The largest absolute Gasteiger partial charge is 0.478 e. The first-order valence-electron chi connectivity index (χ1n) is 6.85. The number of carbonyl (C=O) groups is 1. The molecule has 0 bridgehead atoms. The number of anilines is 1. The van der Waals surface area contributed by atoms with Gasteiger partial charge in [-0.15, -0.1) is 0 Å². The SMILES string of the molecule is Cc1ccc(C(=O)O)c(N(C)CCN2CCCC2)c1. The molecule has 0 atom stereocenters. The Bertz CT molecular complexity index is 453. The van der Waals surface area contributed by atoms with Gasteiger partial charge >= 0.3 is 5.97 Å². The summed E-state index contributed by atoms with van der Waals surface area (Å²) in [6.45, 7) is 6.21. The van der Waals surface area contributed by atoms with Gasteiger partial charge in [-0.25, -0.2) is 4.79 Å². The third-order valence-corrected chi connectivity index (χ3v) is 3.75. The van der Waals surface area contributed by atoms with Crippen molar-refractivity contribution in [3.63, 3.8) is 0 Å². The molecule has 4 heteroatoms. The molecule has 1 aliphatic heterocycles. The van der Waals surface area contributed by atoms with Gasteiger partial charge in [0, 0.05) is 20.1 Å². The van der Waals surface area contributed by atoms with E-state index in [-0.39, 0.29) is 0 Å². The fourth-order valence-electron chi connectivity index (χ4n) is 2.56. The second-order valence-corrected chi connectivity index (χ2v) is 5.30. The summed E-state index contributed by atoms with van der Waals surface area (Å²) in [5.74, 6) is -0.858. The third-order valence-electron chi connectivity index (χ3n) is 3.75. The maximum absolute atomic E-state index is 11.3. The number of likely N-dealkylation sites (tertiary alicyclic amines) is 1. The molecule has 1 saturated heterocycles. The highest BCUT2D eigenvalue weighted by atomic mass is 16.4. The number of aromatic carboxylic acids is 1. The van der Waals surface area contributed by atoms with Crippen molar-refractivity contribution in [2.24, 2.45) is 0 Å². The predicted molar refractivity (Wildman–Crippen MR) is 77.1 cm³/mol. The van der Waals surface area contributed by atoms with Gasteiger partial charge in [0.2, 0.25) is 0 Å². The predicted octanol–water partition coefficient (Wildman–Crippen LogP) is 2.23. The molecular formula is C15H22N2O2. The molecule has 1 fully saturated rings. The lowest BCUT2D eigenvalue weighted by Crippen LogP contribution is -2.32. The van der Waals surface area contributed by atoms with Gasteiger partial charge in [0.15, 0.2) is 0 Å². The molecule has 1 heterocycles. The Kier molecular flexibility index (Phi) is 4.43. The zero-order valence-electron chi connectivity index (χ0n) is 11.7. The normalized spacial score (nSPS) is 15.7. The number of hydrogen-bond acceptors (Lipinski definition) is 3. The molecule has 4 nitrogen and oxygen atoms in total. The Hall–Kier alpha value is -1.55. The van der Waals surface area contributed by atoms with Crippen LogP contribution in [0.2, 0.25) is 0 Å². The topological polar surface area (TPSA) is 43.8 Å². The smallest absolute Gasteiger partial charge is 0.337 e. The van der Waals surface area contributed by atoms with Gasteiger partial charge in [-0.2, -0.15) is 0 Å². The molecule has 0 spiro atoms. The molecule has 1 aliphatic rings. The van der Waals surface area contributed by atoms with Crippen molar-refractivity contribution >= 4 is 11.7 Å². The molecule has 0 amide bonds. The second kappa shape index (κ2) is 6.06. The van der Waals surface area contributed by atoms with Crippen molar-refractivity contribution in [1.29, 1.82) is 0 Å². The number of carboxylic acid groups (broad SMARTS) is 1. The summed E-state index contributed by atoms with van der Waals surface area (Å²) in [4.78, 5) is 15.7. The van der Waals surface area contributed by atoms with Crippen LogP contribution in [0.25, 0.3) is 0 Å². The first-order valence-corrected chi connectivity index (χ1v) is 6.85. The van der Waals surface area contributed by atoms with E-state index in [9.17, 15) is 9.90 Å². The van der Waals surface area contributed by atoms with Crippen LogP contribution in [-0.2, 0) is 0 Å². The molecule has 1 N–H and O–H groups in total. The minimum atomic E-state index is -0.858. The van der Waals surface area contributed by atoms with Gasteiger partial charge in [0.25, 0.3) is 0 Å². The first kappa shape index (κ1) is 13.9. The lowest BCUT2D eigenvalue weighted by atomic mass is 10.1. The lowest BCUT2D eigenvalue weighted by Gasteiger charge is -2.24. The van der Waals surface area contributed by atoms with Crippen LogP contribution >= 0.6 is 0 Å². The van der Waals surface area contributed by atoms with E-state index in [0.29, 0.717) is 5.56 Å². The average molecular weight is 262 g/mol. The molecule has 1 aromatic rings. The van der Waals surface area contributed by atoms with Crippen molar-refractivity contribution in [3.05, 3.63) is 29.3 Å². The van der Waals surface area contributed by atoms with E-state index in [4.69, 9.17) is 0 Å². The van der Waals surface area contributed by atoms with E-state index in [0.717, 1.165) is 24.3 Å². The Balaban J connectivity index is 2.06. The minimum absolute atomic E-state index is 0.384. The van der Waals surface area contributed by atoms with Gasteiger partial charge in [0.05, 0.1) is 11.3 Å². The zero-order valence-corrected chi connectivity index (χ0v) is 11.7. The molecule has 2 rings (SSSR count). The summed E-state index contributed by atoms with van der Waals surface area (Å²) < 4.78 is 0. The molecule has 0 aromatic heterocycles. The summed E-state index contributed by atoms with van der Waals surface area (Å²) in [6.07, 6.45) is 2.57. The van der Waals surface area contributed by atoms with E-state index in [1.165, 1.54) is 25.9 Å². The first-order chi connectivity index (χ1) is 9.08. The Morgan fingerprint density at radius 2 is 2.05 bits per heavy atom. The number of nitrogens with zero attached hydrogens (tertiary/aromatic N) is 2. The monoisotopic (exact) mass is 262 g/mol. The van der Waals surface area contributed by atoms with Crippen LogP contribution in [-0.4, -0.2) is 49.2 Å². The highest BCUT2D eigenvalue weighted by Gasteiger charge is 2.16. The van der Waals surface area contributed by atoms with Crippen LogP contribution in [0, 0.1) is 6.92 Å². The number of aryl methyl sites for hydroxylation is 1. The molecule has 0 saturated carbocycles. The summed E-state index contributed by atoms with van der Waals surface area (Å²) in [7, 11) is 1.97. The third kappa shape index (κ3) is 3.47. The van der Waals surface area contributed by atoms with E-state index < -0.39 is 5.97 Å². The Morgan fingerprint density at radius 1 is 1.37 bits per heavy atom. The number of carboxylic acids is 1. The van der Waals surface area contributed by atoms with Crippen molar-refractivity contribution in [2.45, 2.75) is 19.8 Å². The van der Waals surface area contributed by atoms with Gasteiger partial charge in [-0.05, 0) is 50.6 Å². The van der Waals surface area contributed by atoms with E-state index in [2.05, 4.69) is 9.80 Å². The van der Waals surface area contributed by atoms with E-state index in [1.807, 2.05) is 26.1 Å². The van der Waals surface area contributed by atoms with E-state index in [1.54, 1.807) is 6.07 Å². The number of rotatable bonds is 5. The molecule has 104 valence electrons. The fourth-order valence-corrected chi connectivity index (χ4v) is 2.56. The fraction of sp³-hybridized carbons (Fsp3) is 0.533. The summed E-state index contributed by atoms with van der Waals surface area (Å²) in [5, 5.41) is 9.25. The number of benzene rings is 1. The number of hydrogen-bond donors (Lipinski definition) is 1. The molecule has 1 aromatic carbocycles. The second-order valence-electron chi connectivity index (χ2n) is 5.30. The number of likely N-dealkylation sites (N-methyl/N-ethyl adjacent to an activating group) is 1. The quantitative estimate of drug-likeness (QED) is 0.883. The molecule has 0 unspecified atom stereocenters. The molecular weight excluding hydrogens is 240 g/mol. The Morgan fingerprint density at radius 3 is 2.68 bits per heavy atom. The van der Waals surface area contributed by atoms with Gasteiger partial charge < -0.3 is 14.9 Å². The van der Waals surface area contributed by atoms with Crippen LogP contribution in [0.15, 0.2) is 18.2 Å². The average Bonchev–Trinajstić information content (AvgIpc) is 2.88. The molecule has 19 heavy (non-hydrogen) atoms. The highest BCUT2D eigenvalue weighted by Crippen LogP contribution is 2.21. The molecule has 0 radical (unpaired) electrons. The maximum atomic E-state index is 11.3. The summed E-state index contributed by atoms with van der Waals surface area (Å²) in [6, 6.07) is 5.49. The van der Waals surface area contributed by atoms with Crippen LogP contribution in [0.5, 0.6) is 0 Å². The maximum Gasteiger partial charge on any atom is 0.337 e. The lowest BCUT2D eigenvalue weighted by molar-refractivity contribution is 0.0697. The Labute approximate surface area is 114 Å². The molecule has 0 aliphatic carbocycles. The van der Waals surface area contributed by atoms with Crippen LogP contribution in [0.3, 0.4) is 0 Å². The van der Waals surface area contributed by atoms with Crippen molar-refractivity contribution < 1.29 is 9.90 Å². The highest BCUT2D eigenvalue weighted by molar-refractivity contribution is 5.94.